The largest absolute Gasteiger partial charge is 0.465 e. The lowest BCUT2D eigenvalue weighted by molar-refractivity contribution is 0.0600. The van der Waals surface area contributed by atoms with Crippen LogP contribution >= 0.6 is 11.3 Å². The number of aryl methyl sites for hydroxylation is 2. The van der Waals surface area contributed by atoms with Crippen molar-refractivity contribution < 1.29 is 14.3 Å². The molecule has 0 unspecified atom stereocenters. The summed E-state index contributed by atoms with van der Waals surface area (Å²) in [5.41, 5.74) is 2.41. The van der Waals surface area contributed by atoms with E-state index >= 15 is 0 Å². The molecule has 8 nitrogen and oxygen atoms in total. The Morgan fingerprint density at radius 2 is 1.85 bits per heavy atom. The Morgan fingerprint density at radius 1 is 1.09 bits per heavy atom. The summed E-state index contributed by atoms with van der Waals surface area (Å²) in [6.07, 6.45) is 6.03. The van der Waals surface area contributed by atoms with E-state index in [1.54, 1.807) is 16.7 Å². The summed E-state index contributed by atoms with van der Waals surface area (Å²) in [5, 5.41) is 3.54. The number of rotatable bonds is 4. The fourth-order valence-electron chi connectivity index (χ4n) is 4.92. The molecule has 2 aliphatic rings. The van der Waals surface area contributed by atoms with Crippen LogP contribution in [0.2, 0.25) is 0 Å². The molecule has 4 heterocycles. The lowest BCUT2D eigenvalue weighted by Gasteiger charge is -2.22. The molecule has 5 rings (SSSR count). The number of benzene rings is 1. The number of fused-ring (bicyclic) bond motifs is 2. The van der Waals surface area contributed by atoms with E-state index in [1.807, 2.05) is 13.0 Å². The molecule has 9 heteroatoms. The van der Waals surface area contributed by atoms with Gasteiger partial charge in [-0.3, -0.25) is 14.2 Å². The van der Waals surface area contributed by atoms with Crippen molar-refractivity contribution in [1.29, 1.82) is 0 Å². The van der Waals surface area contributed by atoms with Crippen molar-refractivity contribution in [2.45, 2.75) is 52.0 Å². The number of hydrogen-bond donors (Lipinski definition) is 1. The quantitative estimate of drug-likeness (QED) is 0.565. The number of esters is 1. The molecule has 0 saturated carbocycles. The first-order chi connectivity index (χ1) is 16.5. The Bertz CT molecular complexity index is 1340. The lowest BCUT2D eigenvalue weighted by Crippen LogP contribution is -2.24. The molecule has 3 aromatic rings. The molecule has 34 heavy (non-hydrogen) atoms. The van der Waals surface area contributed by atoms with Gasteiger partial charge in [0.15, 0.2) is 0 Å². The summed E-state index contributed by atoms with van der Waals surface area (Å²) in [6, 6.07) is 5.24. The number of anilines is 2. The molecule has 2 aliphatic heterocycles. The number of methoxy groups -OCH3 is 1. The van der Waals surface area contributed by atoms with Gasteiger partial charge < -0.3 is 15.0 Å². The minimum atomic E-state index is -0.458. The first kappa shape index (κ1) is 22.6. The van der Waals surface area contributed by atoms with Gasteiger partial charge in [-0.05, 0) is 56.4 Å². The van der Waals surface area contributed by atoms with Gasteiger partial charge in [0.2, 0.25) is 0 Å². The third-order valence-electron chi connectivity index (χ3n) is 6.73. The van der Waals surface area contributed by atoms with Crippen molar-refractivity contribution in [2.75, 3.05) is 30.4 Å². The highest BCUT2D eigenvalue weighted by Gasteiger charge is 2.24. The minimum absolute atomic E-state index is 0.0554. The average Bonchev–Trinajstić information content (AvgIpc) is 3.41. The van der Waals surface area contributed by atoms with E-state index in [1.165, 1.54) is 18.4 Å². The second kappa shape index (κ2) is 9.21. The number of carbonyl (C=O) groups excluding carboxylic acids is 2. The molecule has 1 aromatic carbocycles. The van der Waals surface area contributed by atoms with Gasteiger partial charge in [0.25, 0.3) is 11.5 Å². The summed E-state index contributed by atoms with van der Waals surface area (Å²) in [6.45, 7) is 4.28. The molecule has 1 fully saturated rings. The van der Waals surface area contributed by atoms with Crippen molar-refractivity contribution in [3.8, 4) is 0 Å². The van der Waals surface area contributed by atoms with Crippen LogP contribution in [0.25, 0.3) is 10.2 Å². The third-order valence-corrected chi connectivity index (χ3v) is 7.91. The van der Waals surface area contributed by atoms with Crippen LogP contribution in [0.4, 0.5) is 11.4 Å². The molecule has 0 aliphatic carbocycles. The highest BCUT2D eigenvalue weighted by molar-refractivity contribution is 7.20. The first-order valence-corrected chi connectivity index (χ1v) is 12.6. The fraction of sp³-hybridized carbons (Fsp3) is 0.440. The van der Waals surface area contributed by atoms with E-state index < -0.39 is 5.97 Å². The SMILES string of the molecule is COC(=O)c1ccc(N2CCCC2)c(NC(=O)c2sc3nc4n(c(=O)c3c2C)CCCCC4)c1. The van der Waals surface area contributed by atoms with Crippen LogP contribution in [0, 0.1) is 6.92 Å². The molecule has 0 bridgehead atoms. The number of ether oxygens (including phenoxy) is 1. The molecule has 2 aromatic heterocycles. The van der Waals surface area contributed by atoms with Crippen molar-refractivity contribution in [3.63, 3.8) is 0 Å². The van der Waals surface area contributed by atoms with Crippen LogP contribution in [-0.4, -0.2) is 41.6 Å². The third kappa shape index (κ3) is 3.98. The standard InChI is InChI=1S/C25H28N4O4S/c1-15-20-23(27-19-8-4-3-5-13-29(19)24(20)31)34-21(15)22(30)26-17-14-16(25(32)33-2)9-10-18(17)28-11-6-7-12-28/h9-10,14H,3-8,11-13H2,1-2H3,(H,26,30). The van der Waals surface area contributed by atoms with E-state index in [-0.39, 0.29) is 11.5 Å². The Balaban J connectivity index is 1.53. The van der Waals surface area contributed by atoms with Crippen LogP contribution < -0.4 is 15.8 Å². The molecule has 1 saturated heterocycles. The summed E-state index contributed by atoms with van der Waals surface area (Å²) >= 11 is 1.26. The number of nitrogens with zero attached hydrogens (tertiary/aromatic N) is 3. The van der Waals surface area contributed by atoms with Gasteiger partial charge in [0.1, 0.15) is 10.7 Å². The Morgan fingerprint density at radius 3 is 2.62 bits per heavy atom. The average molecular weight is 481 g/mol. The van der Waals surface area contributed by atoms with Crippen LogP contribution in [0.3, 0.4) is 0 Å². The van der Waals surface area contributed by atoms with Gasteiger partial charge in [0, 0.05) is 26.1 Å². The molecule has 1 N–H and O–H groups in total. The first-order valence-electron chi connectivity index (χ1n) is 11.8. The van der Waals surface area contributed by atoms with Crippen LogP contribution in [0.15, 0.2) is 23.0 Å². The van der Waals surface area contributed by atoms with Gasteiger partial charge in [-0.25, -0.2) is 9.78 Å². The summed E-state index contributed by atoms with van der Waals surface area (Å²) in [5.74, 6) is 0.0492. The van der Waals surface area contributed by atoms with Gasteiger partial charge in [0.05, 0.1) is 34.3 Å². The van der Waals surface area contributed by atoms with Crippen LogP contribution in [0.1, 0.15) is 63.5 Å². The van der Waals surface area contributed by atoms with Crippen molar-refractivity contribution >= 4 is 44.8 Å². The maximum Gasteiger partial charge on any atom is 0.337 e. The molecule has 0 radical (unpaired) electrons. The minimum Gasteiger partial charge on any atom is -0.465 e. The van der Waals surface area contributed by atoms with E-state index in [0.717, 1.165) is 63.1 Å². The fourth-order valence-corrected chi connectivity index (χ4v) is 6.01. The number of carbonyl (C=O) groups is 2. The monoisotopic (exact) mass is 480 g/mol. The zero-order chi connectivity index (χ0) is 23.8. The van der Waals surface area contributed by atoms with E-state index in [4.69, 9.17) is 9.72 Å². The van der Waals surface area contributed by atoms with Crippen molar-refractivity contribution in [3.05, 3.63) is 50.4 Å². The summed E-state index contributed by atoms with van der Waals surface area (Å²) in [4.78, 5) is 46.9. The Labute approximate surface area is 201 Å². The highest BCUT2D eigenvalue weighted by atomic mass is 32.1. The zero-order valence-corrected chi connectivity index (χ0v) is 20.3. The second-order valence-electron chi connectivity index (χ2n) is 8.90. The van der Waals surface area contributed by atoms with Gasteiger partial charge in [-0.1, -0.05) is 6.42 Å². The molecular formula is C25H28N4O4S. The van der Waals surface area contributed by atoms with Gasteiger partial charge >= 0.3 is 5.97 Å². The normalized spacial score (nSPS) is 15.8. The van der Waals surface area contributed by atoms with Gasteiger partial charge in [-0.2, -0.15) is 0 Å². The topological polar surface area (TPSA) is 93.5 Å². The predicted molar refractivity (Wildman–Crippen MR) is 133 cm³/mol. The lowest BCUT2D eigenvalue weighted by atomic mass is 10.1. The molecule has 0 spiro atoms. The van der Waals surface area contributed by atoms with E-state index in [2.05, 4.69) is 10.2 Å². The molecule has 0 atom stereocenters. The smallest absolute Gasteiger partial charge is 0.337 e. The zero-order valence-electron chi connectivity index (χ0n) is 19.5. The molecule has 1 amide bonds. The number of hydrogen-bond acceptors (Lipinski definition) is 7. The van der Waals surface area contributed by atoms with Crippen molar-refractivity contribution in [1.82, 2.24) is 9.55 Å². The number of thiophene rings is 1. The number of aromatic nitrogens is 2. The summed E-state index contributed by atoms with van der Waals surface area (Å²) < 4.78 is 6.65. The number of amides is 1. The Hall–Kier alpha value is -3.20. The summed E-state index contributed by atoms with van der Waals surface area (Å²) in [7, 11) is 1.34. The van der Waals surface area contributed by atoms with Crippen LogP contribution in [-0.2, 0) is 17.7 Å². The Kier molecular flexibility index (Phi) is 6.12. The maximum absolute atomic E-state index is 13.4. The second-order valence-corrected chi connectivity index (χ2v) is 9.90. The molecular weight excluding hydrogens is 452 g/mol. The van der Waals surface area contributed by atoms with Gasteiger partial charge in [-0.15, -0.1) is 11.3 Å². The van der Waals surface area contributed by atoms with E-state index in [0.29, 0.717) is 38.5 Å². The van der Waals surface area contributed by atoms with Crippen molar-refractivity contribution in [2.24, 2.45) is 0 Å². The number of nitrogens with one attached hydrogen (secondary N) is 1. The maximum atomic E-state index is 13.4. The van der Waals surface area contributed by atoms with Crippen LogP contribution in [0.5, 0.6) is 0 Å². The predicted octanol–water partition coefficient (Wildman–Crippen LogP) is 4.13. The highest BCUT2D eigenvalue weighted by Crippen LogP contribution is 2.33. The van der Waals surface area contributed by atoms with E-state index in [9.17, 15) is 14.4 Å². The molecule has 178 valence electrons.